The molecule has 0 saturated heterocycles. The number of methoxy groups -OCH3 is 1. The number of amides is 2. The second-order valence-electron chi connectivity index (χ2n) is 7.40. The summed E-state index contributed by atoms with van der Waals surface area (Å²) in [5.41, 5.74) is 1.40. The number of carbonyl (C=O) groups is 3. The van der Waals surface area contributed by atoms with E-state index in [4.69, 9.17) is 4.74 Å². The minimum atomic E-state index is -4.12. The molecule has 0 bridgehead atoms. The summed E-state index contributed by atoms with van der Waals surface area (Å²) in [5.74, 6) is -1.69. The Morgan fingerprint density at radius 1 is 1.15 bits per heavy atom. The number of hydrogen-bond acceptors (Lipinski definition) is 7. The molecule has 33 heavy (non-hydrogen) atoms. The lowest BCUT2D eigenvalue weighted by Crippen LogP contribution is -2.42. The Labute approximate surface area is 189 Å². The van der Waals surface area contributed by atoms with Gasteiger partial charge >= 0.3 is 5.97 Å². The van der Waals surface area contributed by atoms with Crippen LogP contribution in [-0.4, -0.2) is 56.7 Å². The van der Waals surface area contributed by atoms with Crippen LogP contribution < -0.4 is 14.9 Å². The van der Waals surface area contributed by atoms with Gasteiger partial charge in [0.05, 0.1) is 29.9 Å². The zero-order chi connectivity index (χ0) is 23.9. The van der Waals surface area contributed by atoms with Crippen LogP contribution in [0.3, 0.4) is 0 Å². The van der Waals surface area contributed by atoms with Gasteiger partial charge in [-0.25, -0.2) is 17.9 Å². The first-order valence-electron chi connectivity index (χ1n) is 9.84. The van der Waals surface area contributed by atoms with Gasteiger partial charge in [0.25, 0.3) is 5.91 Å². The van der Waals surface area contributed by atoms with Crippen LogP contribution in [0, 0.1) is 0 Å². The molecule has 0 aliphatic carbocycles. The average Bonchev–Trinajstić information content (AvgIpc) is 3.33. The summed E-state index contributed by atoms with van der Waals surface area (Å²) in [6, 6.07) is 8.19. The SMILES string of the molecule is COC(=O)C(NC(=O)CNS(=O)(=O)c1ccc2c3c(cccc13)C(=O)N2C)c1ccnn1C. The number of hydrogen-bond donors (Lipinski definition) is 2. The standard InChI is InChI=1S/C21H21N5O6S/c1-25-14-7-8-16(12-5-4-6-13(18(12)14)20(25)28)33(30,31)23-11-17(27)24-19(21(29)32-3)15-9-10-22-26(15)2/h4-10,19,23H,11H2,1-3H3,(H,24,27). The minimum Gasteiger partial charge on any atom is -0.467 e. The highest BCUT2D eigenvalue weighted by Gasteiger charge is 2.31. The van der Waals surface area contributed by atoms with E-state index in [1.807, 2.05) is 0 Å². The lowest BCUT2D eigenvalue weighted by atomic mass is 10.1. The maximum absolute atomic E-state index is 13.0. The molecule has 0 fully saturated rings. The molecule has 172 valence electrons. The molecule has 1 atom stereocenters. The van der Waals surface area contributed by atoms with Crippen molar-refractivity contribution in [2.45, 2.75) is 10.9 Å². The number of anilines is 1. The molecule has 2 amide bonds. The van der Waals surface area contributed by atoms with Gasteiger partial charge in [-0.1, -0.05) is 12.1 Å². The Kier molecular flexibility index (Phi) is 5.64. The second-order valence-corrected chi connectivity index (χ2v) is 9.14. The normalized spacial score (nSPS) is 13.9. The number of nitrogens with one attached hydrogen (secondary N) is 2. The predicted molar refractivity (Wildman–Crippen MR) is 118 cm³/mol. The average molecular weight is 471 g/mol. The van der Waals surface area contributed by atoms with Crippen LogP contribution in [0.15, 0.2) is 47.5 Å². The monoisotopic (exact) mass is 471 g/mol. The highest BCUT2D eigenvalue weighted by Crippen LogP contribution is 2.39. The molecule has 12 heteroatoms. The maximum Gasteiger partial charge on any atom is 0.334 e. The Balaban J connectivity index is 1.56. The molecule has 0 saturated carbocycles. The van der Waals surface area contributed by atoms with Crippen molar-refractivity contribution in [3.8, 4) is 0 Å². The Hall–Kier alpha value is -3.77. The van der Waals surface area contributed by atoms with Gasteiger partial charge in [-0.2, -0.15) is 5.10 Å². The molecule has 0 spiro atoms. The smallest absolute Gasteiger partial charge is 0.334 e. The van der Waals surface area contributed by atoms with Crippen molar-refractivity contribution < 1.29 is 27.5 Å². The first-order valence-corrected chi connectivity index (χ1v) is 11.3. The number of carbonyl (C=O) groups excluding carboxylic acids is 3. The van der Waals surface area contributed by atoms with Crippen molar-refractivity contribution >= 4 is 44.3 Å². The third-order valence-corrected chi connectivity index (χ3v) is 6.94. The van der Waals surface area contributed by atoms with Crippen LogP contribution >= 0.6 is 0 Å². The zero-order valence-electron chi connectivity index (χ0n) is 18.0. The summed E-state index contributed by atoms with van der Waals surface area (Å²) in [6.07, 6.45) is 1.46. The molecule has 2 N–H and O–H groups in total. The van der Waals surface area contributed by atoms with Gasteiger partial charge in [-0.05, 0) is 24.3 Å². The number of esters is 1. The lowest BCUT2D eigenvalue weighted by molar-refractivity contribution is -0.145. The van der Waals surface area contributed by atoms with E-state index in [1.54, 1.807) is 38.4 Å². The first-order chi connectivity index (χ1) is 15.7. The van der Waals surface area contributed by atoms with Crippen LogP contribution in [0.5, 0.6) is 0 Å². The molecule has 11 nitrogen and oxygen atoms in total. The molecule has 1 aromatic heterocycles. The third kappa shape index (κ3) is 3.83. The van der Waals surface area contributed by atoms with E-state index in [0.717, 1.165) is 0 Å². The van der Waals surface area contributed by atoms with Crippen molar-refractivity contribution in [2.75, 3.05) is 25.6 Å². The third-order valence-electron chi connectivity index (χ3n) is 5.48. The highest BCUT2D eigenvalue weighted by atomic mass is 32.2. The lowest BCUT2D eigenvalue weighted by Gasteiger charge is -2.17. The molecule has 4 rings (SSSR count). The van der Waals surface area contributed by atoms with Crippen molar-refractivity contribution in [2.24, 2.45) is 7.05 Å². The van der Waals surface area contributed by atoms with Gasteiger partial charge in [0.15, 0.2) is 6.04 Å². The molecular formula is C21H21N5O6S. The number of sulfonamides is 1. The number of nitrogens with zero attached hydrogens (tertiary/aromatic N) is 3. The fourth-order valence-corrected chi connectivity index (χ4v) is 5.02. The summed E-state index contributed by atoms with van der Waals surface area (Å²) >= 11 is 0. The number of aryl methyl sites for hydroxylation is 1. The molecule has 1 aliphatic rings. The van der Waals surface area contributed by atoms with E-state index in [9.17, 15) is 22.8 Å². The number of aromatic nitrogens is 2. The fourth-order valence-electron chi connectivity index (χ4n) is 3.83. The topological polar surface area (TPSA) is 140 Å². The summed E-state index contributed by atoms with van der Waals surface area (Å²) in [7, 11) is 0.272. The maximum atomic E-state index is 13.0. The van der Waals surface area contributed by atoms with Gasteiger partial charge in [-0.15, -0.1) is 0 Å². The predicted octanol–water partition coefficient (Wildman–Crippen LogP) is 0.472. The van der Waals surface area contributed by atoms with E-state index >= 15 is 0 Å². The van der Waals surface area contributed by atoms with Crippen LogP contribution in [0.4, 0.5) is 5.69 Å². The summed E-state index contributed by atoms with van der Waals surface area (Å²) in [6.45, 7) is -0.616. The van der Waals surface area contributed by atoms with Gasteiger partial charge in [-0.3, -0.25) is 14.3 Å². The number of ether oxygens (including phenoxy) is 1. The Morgan fingerprint density at radius 3 is 2.58 bits per heavy atom. The van der Waals surface area contributed by atoms with Gasteiger partial charge in [0, 0.05) is 36.6 Å². The molecule has 0 radical (unpaired) electrons. The largest absolute Gasteiger partial charge is 0.467 e. The van der Waals surface area contributed by atoms with Crippen LogP contribution in [0.25, 0.3) is 10.8 Å². The highest BCUT2D eigenvalue weighted by molar-refractivity contribution is 7.89. The summed E-state index contributed by atoms with van der Waals surface area (Å²) < 4.78 is 34.4. The molecule has 3 aromatic rings. The van der Waals surface area contributed by atoms with Crippen molar-refractivity contribution in [1.29, 1.82) is 0 Å². The van der Waals surface area contributed by atoms with Crippen LogP contribution in [0.2, 0.25) is 0 Å². The van der Waals surface area contributed by atoms with Crippen LogP contribution in [0.1, 0.15) is 22.1 Å². The van der Waals surface area contributed by atoms with Crippen molar-refractivity contribution in [3.63, 3.8) is 0 Å². The molecular weight excluding hydrogens is 450 g/mol. The first kappa shape index (κ1) is 22.4. The molecule has 1 aliphatic heterocycles. The van der Waals surface area contributed by atoms with Crippen molar-refractivity contribution in [3.05, 3.63) is 53.9 Å². The van der Waals surface area contributed by atoms with Crippen LogP contribution in [-0.2, 0) is 31.4 Å². The second kappa shape index (κ2) is 8.30. The summed E-state index contributed by atoms with van der Waals surface area (Å²) in [4.78, 5) is 38.5. The van der Waals surface area contributed by atoms with E-state index < -0.39 is 34.5 Å². The van der Waals surface area contributed by atoms with E-state index in [0.29, 0.717) is 27.7 Å². The minimum absolute atomic E-state index is 0.0600. The number of rotatable bonds is 7. The Morgan fingerprint density at radius 2 is 1.91 bits per heavy atom. The van der Waals surface area contributed by atoms with Gasteiger partial charge in [0.2, 0.25) is 15.9 Å². The molecule has 2 aromatic carbocycles. The van der Waals surface area contributed by atoms with E-state index in [1.165, 1.54) is 35.0 Å². The van der Waals surface area contributed by atoms with E-state index in [2.05, 4.69) is 15.1 Å². The zero-order valence-corrected chi connectivity index (χ0v) is 18.8. The Bertz CT molecular complexity index is 1400. The van der Waals surface area contributed by atoms with Gasteiger partial charge in [0.1, 0.15) is 0 Å². The molecule has 1 unspecified atom stereocenters. The van der Waals surface area contributed by atoms with Crippen molar-refractivity contribution in [1.82, 2.24) is 19.8 Å². The fraction of sp³-hybridized carbons (Fsp3) is 0.238. The molecule has 2 heterocycles. The van der Waals surface area contributed by atoms with Gasteiger partial charge < -0.3 is 15.0 Å². The summed E-state index contributed by atoms with van der Waals surface area (Å²) in [5, 5.41) is 7.34. The van der Waals surface area contributed by atoms with E-state index in [-0.39, 0.29) is 10.8 Å². The quantitative estimate of drug-likeness (QED) is 0.478. The number of benzene rings is 2.